The second kappa shape index (κ2) is 9.17. The van der Waals surface area contributed by atoms with Crippen molar-refractivity contribution in [2.24, 2.45) is 5.92 Å². The molecule has 0 spiro atoms. The summed E-state index contributed by atoms with van der Waals surface area (Å²) in [5.41, 5.74) is 0.605. The molecule has 0 aliphatic heterocycles. The number of hydrogen-bond donors (Lipinski definition) is 0. The van der Waals surface area contributed by atoms with Crippen molar-refractivity contribution in [3.63, 3.8) is 0 Å². The van der Waals surface area contributed by atoms with Gasteiger partial charge in [0, 0.05) is 4.47 Å². The van der Waals surface area contributed by atoms with Crippen LogP contribution in [0.25, 0.3) is 0 Å². The van der Waals surface area contributed by atoms with E-state index in [0.717, 1.165) is 29.7 Å². The van der Waals surface area contributed by atoms with E-state index in [1.165, 1.54) is 12.8 Å². The highest BCUT2D eigenvalue weighted by molar-refractivity contribution is 9.10. The lowest BCUT2D eigenvalue weighted by molar-refractivity contribution is 0.0256. The van der Waals surface area contributed by atoms with Gasteiger partial charge in [-0.25, -0.2) is 4.79 Å². The number of carbonyl (C=O) groups is 1. The Hall–Kier alpha value is -0.830. The van der Waals surface area contributed by atoms with Crippen LogP contribution in [0, 0.1) is 5.92 Å². The summed E-state index contributed by atoms with van der Waals surface area (Å²) >= 11 is 3.39. The van der Waals surface area contributed by atoms with Crippen LogP contribution in [0.4, 0.5) is 0 Å². The van der Waals surface area contributed by atoms with Gasteiger partial charge >= 0.3 is 5.97 Å². The molecule has 0 heterocycles. The van der Waals surface area contributed by atoms with Crippen molar-refractivity contribution in [1.29, 1.82) is 0 Å². The smallest absolute Gasteiger partial charge is 0.339 e. The zero-order chi connectivity index (χ0) is 15.0. The third-order valence-electron chi connectivity index (χ3n) is 3.87. The molecule has 0 amide bonds. The van der Waals surface area contributed by atoms with Crippen molar-refractivity contribution in [3.8, 4) is 0 Å². The van der Waals surface area contributed by atoms with Gasteiger partial charge in [0.15, 0.2) is 0 Å². The SMILES string of the molecule is CCC(CC)CCC(CC)OC(=O)c1ccccc1Br. The fourth-order valence-electron chi connectivity index (χ4n) is 2.31. The molecule has 1 rings (SSSR count). The second-order valence-electron chi connectivity index (χ2n) is 5.18. The van der Waals surface area contributed by atoms with E-state index in [-0.39, 0.29) is 12.1 Å². The van der Waals surface area contributed by atoms with Gasteiger partial charge in [0.2, 0.25) is 0 Å². The standard InChI is InChI=1S/C17H25BrO2/c1-4-13(5-2)11-12-14(6-3)20-17(19)15-9-7-8-10-16(15)18/h7-10,13-14H,4-6,11-12H2,1-3H3. The van der Waals surface area contributed by atoms with Gasteiger partial charge in [-0.1, -0.05) is 45.7 Å². The summed E-state index contributed by atoms with van der Waals surface area (Å²) in [5.74, 6) is 0.514. The first-order valence-electron chi connectivity index (χ1n) is 7.57. The van der Waals surface area contributed by atoms with Crippen LogP contribution in [-0.2, 0) is 4.74 Å². The molecule has 1 aromatic rings. The van der Waals surface area contributed by atoms with Gasteiger partial charge in [0.05, 0.1) is 5.56 Å². The fraction of sp³-hybridized carbons (Fsp3) is 0.588. The van der Waals surface area contributed by atoms with Gasteiger partial charge in [-0.3, -0.25) is 0 Å². The maximum atomic E-state index is 12.2. The quantitative estimate of drug-likeness (QED) is 0.575. The Morgan fingerprint density at radius 3 is 2.30 bits per heavy atom. The molecule has 0 aromatic heterocycles. The van der Waals surface area contributed by atoms with Crippen LogP contribution >= 0.6 is 15.9 Å². The first kappa shape index (κ1) is 17.2. The summed E-state index contributed by atoms with van der Waals surface area (Å²) in [4.78, 5) is 12.2. The molecular weight excluding hydrogens is 316 g/mol. The van der Waals surface area contributed by atoms with Crippen molar-refractivity contribution >= 4 is 21.9 Å². The lowest BCUT2D eigenvalue weighted by atomic mass is 9.95. The van der Waals surface area contributed by atoms with E-state index in [4.69, 9.17) is 4.74 Å². The van der Waals surface area contributed by atoms with Crippen LogP contribution in [0.3, 0.4) is 0 Å². The van der Waals surface area contributed by atoms with Crippen molar-refractivity contribution in [2.75, 3.05) is 0 Å². The first-order chi connectivity index (χ1) is 9.62. The highest BCUT2D eigenvalue weighted by Gasteiger charge is 2.17. The molecule has 0 radical (unpaired) electrons. The molecule has 0 fully saturated rings. The molecule has 112 valence electrons. The molecule has 20 heavy (non-hydrogen) atoms. The number of rotatable bonds is 8. The van der Waals surface area contributed by atoms with E-state index in [9.17, 15) is 4.79 Å². The summed E-state index contributed by atoms with van der Waals surface area (Å²) in [6.45, 7) is 6.52. The number of halogens is 1. The minimum atomic E-state index is -0.228. The van der Waals surface area contributed by atoms with Gasteiger partial charge in [-0.2, -0.15) is 0 Å². The Bertz CT molecular complexity index is 413. The Labute approximate surface area is 131 Å². The molecule has 0 aliphatic carbocycles. The van der Waals surface area contributed by atoms with Crippen LogP contribution < -0.4 is 0 Å². The summed E-state index contributed by atoms with van der Waals surface area (Å²) in [6.07, 6.45) is 5.38. The summed E-state index contributed by atoms with van der Waals surface area (Å²) in [6, 6.07) is 7.40. The van der Waals surface area contributed by atoms with Gasteiger partial charge in [-0.15, -0.1) is 0 Å². The number of carbonyl (C=O) groups excluding carboxylic acids is 1. The van der Waals surface area contributed by atoms with E-state index in [1.807, 2.05) is 18.2 Å². The van der Waals surface area contributed by atoms with E-state index >= 15 is 0 Å². The van der Waals surface area contributed by atoms with Crippen molar-refractivity contribution < 1.29 is 9.53 Å². The van der Waals surface area contributed by atoms with Crippen LogP contribution in [0.15, 0.2) is 28.7 Å². The molecule has 1 aromatic carbocycles. The first-order valence-corrected chi connectivity index (χ1v) is 8.37. The number of benzene rings is 1. The lowest BCUT2D eigenvalue weighted by Crippen LogP contribution is -2.19. The molecule has 0 N–H and O–H groups in total. The summed E-state index contributed by atoms with van der Waals surface area (Å²) in [5, 5.41) is 0. The van der Waals surface area contributed by atoms with Crippen LogP contribution in [0.2, 0.25) is 0 Å². The van der Waals surface area contributed by atoms with Crippen molar-refractivity contribution in [3.05, 3.63) is 34.3 Å². The molecule has 1 unspecified atom stereocenters. The minimum absolute atomic E-state index is 0.0233. The van der Waals surface area contributed by atoms with Crippen LogP contribution in [0.5, 0.6) is 0 Å². The normalized spacial score (nSPS) is 12.4. The molecule has 3 heteroatoms. The van der Waals surface area contributed by atoms with E-state index in [2.05, 4.69) is 36.7 Å². The van der Waals surface area contributed by atoms with Crippen molar-refractivity contribution in [2.45, 2.75) is 59.0 Å². The molecule has 2 nitrogen and oxygen atoms in total. The molecule has 0 saturated carbocycles. The lowest BCUT2D eigenvalue weighted by Gasteiger charge is -2.19. The Kier molecular flexibility index (Phi) is 7.90. The minimum Gasteiger partial charge on any atom is -0.459 e. The van der Waals surface area contributed by atoms with Crippen molar-refractivity contribution in [1.82, 2.24) is 0 Å². The number of esters is 1. The predicted octanol–water partition coefficient (Wildman–Crippen LogP) is 5.60. The Morgan fingerprint density at radius 2 is 1.75 bits per heavy atom. The van der Waals surface area contributed by atoms with Crippen LogP contribution in [0.1, 0.15) is 63.2 Å². The van der Waals surface area contributed by atoms with Gasteiger partial charge in [0.25, 0.3) is 0 Å². The number of hydrogen-bond acceptors (Lipinski definition) is 2. The number of ether oxygens (including phenoxy) is 1. The monoisotopic (exact) mass is 340 g/mol. The van der Waals surface area contributed by atoms with E-state index in [1.54, 1.807) is 6.07 Å². The van der Waals surface area contributed by atoms with E-state index in [0.29, 0.717) is 5.56 Å². The molecule has 0 aliphatic rings. The maximum absolute atomic E-state index is 12.2. The van der Waals surface area contributed by atoms with E-state index < -0.39 is 0 Å². The Balaban J connectivity index is 2.56. The third-order valence-corrected chi connectivity index (χ3v) is 4.57. The average molecular weight is 341 g/mol. The fourth-order valence-corrected chi connectivity index (χ4v) is 2.75. The summed E-state index contributed by atoms with van der Waals surface area (Å²) < 4.78 is 6.43. The van der Waals surface area contributed by atoms with Gasteiger partial charge in [-0.05, 0) is 53.2 Å². The largest absolute Gasteiger partial charge is 0.459 e. The zero-order valence-electron chi connectivity index (χ0n) is 12.7. The van der Waals surface area contributed by atoms with Gasteiger partial charge in [0.1, 0.15) is 6.10 Å². The predicted molar refractivity (Wildman–Crippen MR) is 86.9 cm³/mol. The van der Waals surface area contributed by atoms with Gasteiger partial charge < -0.3 is 4.74 Å². The molecule has 1 atom stereocenters. The average Bonchev–Trinajstić information content (AvgIpc) is 2.47. The maximum Gasteiger partial charge on any atom is 0.339 e. The molecule has 0 bridgehead atoms. The molecular formula is C17H25BrO2. The van der Waals surface area contributed by atoms with Crippen LogP contribution in [-0.4, -0.2) is 12.1 Å². The summed E-state index contributed by atoms with van der Waals surface area (Å²) in [7, 11) is 0. The zero-order valence-corrected chi connectivity index (χ0v) is 14.3. The molecule has 0 saturated heterocycles. The Morgan fingerprint density at radius 1 is 1.10 bits per heavy atom. The second-order valence-corrected chi connectivity index (χ2v) is 6.03. The highest BCUT2D eigenvalue weighted by atomic mass is 79.9. The topological polar surface area (TPSA) is 26.3 Å². The highest BCUT2D eigenvalue weighted by Crippen LogP contribution is 2.21. The third kappa shape index (κ3) is 5.28.